The van der Waals surface area contributed by atoms with E-state index >= 15 is 0 Å². The van der Waals surface area contributed by atoms with Crippen LogP contribution in [-0.4, -0.2) is 8.76 Å². The molecule has 2 aromatic carbocycles. The first kappa shape index (κ1) is 12.0. The van der Waals surface area contributed by atoms with Crippen molar-refractivity contribution in [2.24, 2.45) is 0 Å². The van der Waals surface area contributed by atoms with Crippen LogP contribution in [0.2, 0.25) is 0 Å². The predicted molar refractivity (Wildman–Crippen MR) is 65.5 cm³/mol. The highest BCUT2D eigenvalue weighted by Gasteiger charge is 2.22. The van der Waals surface area contributed by atoms with Crippen LogP contribution in [0.3, 0.4) is 0 Å². The first-order chi connectivity index (χ1) is 8.20. The first-order valence-corrected chi connectivity index (χ1v) is 6.26. The smallest absolute Gasteiger partial charge is 0.165 e. The molecule has 0 spiro atoms. The highest BCUT2D eigenvalue weighted by atomic mass is 32.2. The monoisotopic (exact) mass is 250 g/mol. The second kappa shape index (κ2) is 5.21. The van der Waals surface area contributed by atoms with Crippen LogP contribution in [0.5, 0.6) is 0 Å². The van der Waals surface area contributed by atoms with Gasteiger partial charge in [-0.3, -0.25) is 0 Å². The van der Waals surface area contributed by atoms with E-state index in [0.717, 1.165) is 0 Å². The van der Waals surface area contributed by atoms with E-state index < -0.39 is 22.1 Å². The number of hydrogen-bond donors (Lipinski definition) is 1. The molecule has 2 rings (SSSR count). The van der Waals surface area contributed by atoms with Crippen molar-refractivity contribution in [2.75, 3.05) is 0 Å². The van der Waals surface area contributed by atoms with E-state index in [0.29, 0.717) is 5.56 Å². The Morgan fingerprint density at radius 1 is 1.00 bits per heavy atom. The molecule has 0 bridgehead atoms. The van der Waals surface area contributed by atoms with Crippen molar-refractivity contribution < 1.29 is 13.2 Å². The van der Waals surface area contributed by atoms with Crippen LogP contribution in [-0.2, 0) is 11.1 Å². The number of rotatable bonds is 3. The second-order valence-electron chi connectivity index (χ2n) is 3.59. The quantitative estimate of drug-likeness (QED) is 0.850. The van der Waals surface area contributed by atoms with E-state index in [4.69, 9.17) is 0 Å². The maximum Gasteiger partial charge on any atom is 0.165 e. The van der Waals surface area contributed by atoms with Gasteiger partial charge in [0.05, 0.1) is 0 Å². The van der Waals surface area contributed by atoms with Crippen LogP contribution in [0.15, 0.2) is 54.6 Å². The molecule has 88 valence electrons. The molecule has 2 nitrogen and oxygen atoms in total. The second-order valence-corrected chi connectivity index (χ2v) is 4.61. The molecule has 2 unspecified atom stereocenters. The summed E-state index contributed by atoms with van der Waals surface area (Å²) in [5.41, 5.74) is 0.859. The van der Waals surface area contributed by atoms with E-state index in [2.05, 4.69) is 0 Å². The average Bonchev–Trinajstić information content (AvgIpc) is 2.33. The maximum absolute atomic E-state index is 13.6. The van der Waals surface area contributed by atoms with E-state index in [-0.39, 0.29) is 5.56 Å². The SMILES string of the molecule is O=S(O)C(c1ccccc1)c1ccccc1F. The van der Waals surface area contributed by atoms with Gasteiger partial charge in [0.1, 0.15) is 11.1 Å². The molecule has 0 saturated carbocycles. The zero-order valence-corrected chi connectivity index (χ0v) is 9.73. The number of hydrogen-bond acceptors (Lipinski definition) is 1. The minimum atomic E-state index is -2.16. The summed E-state index contributed by atoms with van der Waals surface area (Å²) in [7, 11) is 0. The van der Waals surface area contributed by atoms with Gasteiger partial charge in [-0.05, 0) is 11.6 Å². The van der Waals surface area contributed by atoms with Crippen LogP contribution >= 0.6 is 0 Å². The standard InChI is InChI=1S/C13H11FO2S/c14-12-9-5-4-8-11(12)13(17(15)16)10-6-2-1-3-7-10/h1-9,13H,(H,15,16). The maximum atomic E-state index is 13.6. The molecule has 0 aliphatic heterocycles. The molecule has 0 aliphatic carbocycles. The number of benzene rings is 2. The molecular weight excluding hydrogens is 239 g/mol. The lowest BCUT2D eigenvalue weighted by Gasteiger charge is -2.14. The largest absolute Gasteiger partial charge is 0.305 e. The third kappa shape index (κ3) is 2.60. The first-order valence-electron chi connectivity index (χ1n) is 5.09. The van der Waals surface area contributed by atoms with Crippen molar-refractivity contribution in [3.05, 3.63) is 71.5 Å². The van der Waals surface area contributed by atoms with Gasteiger partial charge in [0.25, 0.3) is 0 Å². The molecule has 0 saturated heterocycles. The Kier molecular flexibility index (Phi) is 3.66. The van der Waals surface area contributed by atoms with Gasteiger partial charge in [-0.15, -0.1) is 0 Å². The lowest BCUT2D eigenvalue weighted by atomic mass is 10.0. The van der Waals surface area contributed by atoms with Crippen LogP contribution in [0.25, 0.3) is 0 Å². The van der Waals surface area contributed by atoms with Gasteiger partial charge in [-0.2, -0.15) is 0 Å². The highest BCUT2D eigenvalue weighted by molar-refractivity contribution is 7.79. The third-order valence-electron chi connectivity index (χ3n) is 2.49. The summed E-state index contributed by atoms with van der Waals surface area (Å²) in [5.74, 6) is -0.469. The molecule has 17 heavy (non-hydrogen) atoms. The summed E-state index contributed by atoms with van der Waals surface area (Å²) in [6.45, 7) is 0. The molecule has 1 N–H and O–H groups in total. The molecule has 0 amide bonds. The third-order valence-corrected chi connectivity index (χ3v) is 3.42. The molecule has 2 aromatic rings. The van der Waals surface area contributed by atoms with Crippen LogP contribution in [0.4, 0.5) is 4.39 Å². The molecule has 2 atom stereocenters. The summed E-state index contributed by atoms with van der Waals surface area (Å²) in [4.78, 5) is 0. The van der Waals surface area contributed by atoms with E-state index in [1.807, 2.05) is 6.07 Å². The van der Waals surface area contributed by atoms with Crippen molar-refractivity contribution in [3.8, 4) is 0 Å². The summed E-state index contributed by atoms with van der Waals surface area (Å²) >= 11 is -2.16. The fourth-order valence-electron chi connectivity index (χ4n) is 1.72. The summed E-state index contributed by atoms with van der Waals surface area (Å²) < 4.78 is 34.4. The van der Waals surface area contributed by atoms with Crippen molar-refractivity contribution in [3.63, 3.8) is 0 Å². The topological polar surface area (TPSA) is 37.3 Å². The lowest BCUT2D eigenvalue weighted by Crippen LogP contribution is -2.09. The van der Waals surface area contributed by atoms with Crippen molar-refractivity contribution in [2.45, 2.75) is 5.25 Å². The van der Waals surface area contributed by atoms with Crippen LogP contribution in [0, 0.1) is 5.82 Å². The molecule has 0 aromatic heterocycles. The summed E-state index contributed by atoms with van der Waals surface area (Å²) in [6, 6.07) is 14.8. The zero-order valence-electron chi connectivity index (χ0n) is 8.92. The van der Waals surface area contributed by atoms with Crippen molar-refractivity contribution in [1.29, 1.82) is 0 Å². The fraction of sp³-hybridized carbons (Fsp3) is 0.0769. The van der Waals surface area contributed by atoms with E-state index in [1.165, 1.54) is 12.1 Å². The minimum absolute atomic E-state index is 0.236. The van der Waals surface area contributed by atoms with E-state index in [9.17, 15) is 13.2 Å². The van der Waals surface area contributed by atoms with Gasteiger partial charge >= 0.3 is 0 Å². The Labute approximate surface area is 101 Å². The molecular formula is C13H11FO2S. The number of halogens is 1. The van der Waals surface area contributed by atoms with Crippen LogP contribution in [0.1, 0.15) is 16.4 Å². The predicted octanol–water partition coefficient (Wildman–Crippen LogP) is 3.14. The van der Waals surface area contributed by atoms with Gasteiger partial charge in [-0.1, -0.05) is 48.5 Å². The van der Waals surface area contributed by atoms with Crippen molar-refractivity contribution in [1.82, 2.24) is 0 Å². The van der Waals surface area contributed by atoms with Gasteiger partial charge in [0.15, 0.2) is 11.1 Å². The Morgan fingerprint density at radius 3 is 2.18 bits per heavy atom. The highest BCUT2D eigenvalue weighted by Crippen LogP contribution is 2.28. The van der Waals surface area contributed by atoms with E-state index in [1.54, 1.807) is 36.4 Å². The summed E-state index contributed by atoms with van der Waals surface area (Å²) in [6.07, 6.45) is 0. The molecule has 4 heteroatoms. The van der Waals surface area contributed by atoms with Gasteiger partial charge < -0.3 is 4.55 Å². The normalized spacial score (nSPS) is 14.2. The van der Waals surface area contributed by atoms with Gasteiger partial charge in [0, 0.05) is 5.56 Å². The Balaban J connectivity index is 2.51. The molecule has 0 radical (unpaired) electrons. The Hall–Kier alpha value is -1.52. The average molecular weight is 250 g/mol. The Bertz CT molecular complexity index is 528. The molecule has 0 fully saturated rings. The zero-order chi connectivity index (χ0) is 12.3. The lowest BCUT2D eigenvalue weighted by molar-refractivity contribution is 0.550. The fourth-order valence-corrected chi connectivity index (χ4v) is 2.52. The summed E-state index contributed by atoms with van der Waals surface area (Å²) in [5, 5.41) is -0.850. The molecule has 0 heterocycles. The van der Waals surface area contributed by atoms with Gasteiger partial charge in [-0.25, -0.2) is 8.60 Å². The minimum Gasteiger partial charge on any atom is -0.305 e. The van der Waals surface area contributed by atoms with Crippen molar-refractivity contribution >= 4 is 11.1 Å². The molecule has 0 aliphatic rings. The Morgan fingerprint density at radius 2 is 1.59 bits per heavy atom. The van der Waals surface area contributed by atoms with Crippen LogP contribution < -0.4 is 0 Å². The van der Waals surface area contributed by atoms with Gasteiger partial charge in [0.2, 0.25) is 0 Å².